The molecule has 0 radical (unpaired) electrons. The Morgan fingerprint density at radius 2 is 2.00 bits per heavy atom. The molecule has 0 saturated carbocycles. The van der Waals surface area contributed by atoms with Gasteiger partial charge in [-0.3, -0.25) is 0 Å². The third-order valence-electron chi connectivity index (χ3n) is 3.68. The number of methoxy groups -OCH3 is 1. The molecule has 0 saturated heterocycles. The van der Waals surface area contributed by atoms with Crippen molar-refractivity contribution < 1.29 is 4.74 Å². The second-order valence-electron chi connectivity index (χ2n) is 5.17. The molecule has 2 heterocycles. The van der Waals surface area contributed by atoms with Gasteiger partial charge < -0.3 is 10.1 Å². The molecule has 1 aromatic carbocycles. The van der Waals surface area contributed by atoms with E-state index in [1.807, 2.05) is 24.3 Å². The normalized spacial score (nSPS) is 12.3. The minimum absolute atomic E-state index is 0.349. The smallest absolute Gasteiger partial charge is 0.168 e. The minimum atomic E-state index is 0.349. The molecular formula is C16H19N5O. The molecule has 1 N–H and O–H groups in total. The first kappa shape index (κ1) is 14.3. The number of nitrogens with zero attached hydrogens (tertiary/aromatic N) is 4. The number of hydrogen-bond donors (Lipinski definition) is 1. The maximum Gasteiger partial charge on any atom is 0.168 e. The van der Waals surface area contributed by atoms with Crippen LogP contribution in [0.4, 0.5) is 5.82 Å². The predicted octanol–water partition coefficient (Wildman–Crippen LogP) is 3.03. The van der Waals surface area contributed by atoms with Gasteiger partial charge in [0.05, 0.1) is 24.4 Å². The summed E-state index contributed by atoms with van der Waals surface area (Å²) >= 11 is 0. The Bertz CT molecular complexity index is 766. The van der Waals surface area contributed by atoms with Crippen molar-refractivity contribution in [3.8, 4) is 11.4 Å². The molecule has 0 amide bonds. The molecule has 2 aromatic heterocycles. The fourth-order valence-corrected chi connectivity index (χ4v) is 2.21. The molecule has 3 aromatic rings. The quantitative estimate of drug-likeness (QED) is 0.784. The summed E-state index contributed by atoms with van der Waals surface area (Å²) in [6.45, 7) is 4.26. The molecule has 0 aliphatic rings. The van der Waals surface area contributed by atoms with Crippen molar-refractivity contribution in [3.05, 3.63) is 36.8 Å². The first-order valence-electron chi connectivity index (χ1n) is 7.32. The van der Waals surface area contributed by atoms with E-state index in [-0.39, 0.29) is 0 Å². The largest absolute Gasteiger partial charge is 0.497 e. The van der Waals surface area contributed by atoms with Crippen LogP contribution in [0.3, 0.4) is 0 Å². The van der Waals surface area contributed by atoms with E-state index >= 15 is 0 Å². The fraction of sp³-hybridized carbons (Fsp3) is 0.312. The number of fused-ring (bicyclic) bond motifs is 1. The first-order valence-corrected chi connectivity index (χ1v) is 7.32. The van der Waals surface area contributed by atoms with Gasteiger partial charge in [0.1, 0.15) is 17.9 Å². The summed E-state index contributed by atoms with van der Waals surface area (Å²) in [4.78, 5) is 8.71. The molecule has 6 nitrogen and oxygen atoms in total. The second kappa shape index (κ2) is 6.01. The van der Waals surface area contributed by atoms with Crippen molar-refractivity contribution >= 4 is 16.9 Å². The van der Waals surface area contributed by atoms with Crippen LogP contribution in [0.2, 0.25) is 0 Å². The summed E-state index contributed by atoms with van der Waals surface area (Å²) in [7, 11) is 1.65. The van der Waals surface area contributed by atoms with Crippen molar-refractivity contribution in [2.24, 2.45) is 0 Å². The zero-order valence-corrected chi connectivity index (χ0v) is 12.9. The van der Waals surface area contributed by atoms with Crippen molar-refractivity contribution in [3.63, 3.8) is 0 Å². The molecule has 0 fully saturated rings. The Hall–Kier alpha value is -2.63. The SMILES string of the molecule is CC[C@@H](C)Nc1ncnc2c1cnn2-c1ccc(OC)cc1. The Morgan fingerprint density at radius 3 is 2.68 bits per heavy atom. The standard InChI is InChI=1S/C16H19N5O/c1-4-11(2)20-15-14-9-19-21(16(14)18-10-17-15)12-5-7-13(22-3)8-6-12/h5-11H,4H2,1-3H3,(H,17,18,20)/t11-/m1/s1. The van der Waals surface area contributed by atoms with Crippen LogP contribution in [0, 0.1) is 0 Å². The summed E-state index contributed by atoms with van der Waals surface area (Å²) in [5.41, 5.74) is 1.72. The third kappa shape index (κ3) is 2.59. The molecular weight excluding hydrogens is 278 g/mol. The van der Waals surface area contributed by atoms with Gasteiger partial charge in [-0.2, -0.15) is 5.10 Å². The lowest BCUT2D eigenvalue weighted by Crippen LogP contribution is -2.14. The van der Waals surface area contributed by atoms with E-state index in [1.165, 1.54) is 0 Å². The van der Waals surface area contributed by atoms with Crippen molar-refractivity contribution in [1.82, 2.24) is 19.7 Å². The molecule has 0 bridgehead atoms. The molecule has 0 aliphatic carbocycles. The first-order chi connectivity index (χ1) is 10.7. The van der Waals surface area contributed by atoms with Gasteiger partial charge in [-0.05, 0) is 37.6 Å². The third-order valence-corrected chi connectivity index (χ3v) is 3.68. The Morgan fingerprint density at radius 1 is 1.23 bits per heavy atom. The van der Waals surface area contributed by atoms with Gasteiger partial charge in [0.15, 0.2) is 5.65 Å². The van der Waals surface area contributed by atoms with E-state index < -0.39 is 0 Å². The monoisotopic (exact) mass is 297 g/mol. The van der Waals surface area contributed by atoms with Gasteiger partial charge in [0, 0.05) is 6.04 Å². The maximum absolute atomic E-state index is 5.18. The maximum atomic E-state index is 5.18. The Kier molecular flexibility index (Phi) is 3.91. The van der Waals surface area contributed by atoms with Crippen LogP contribution in [0.5, 0.6) is 5.75 Å². The number of hydrogen-bond acceptors (Lipinski definition) is 5. The fourth-order valence-electron chi connectivity index (χ4n) is 2.21. The van der Waals surface area contributed by atoms with Crippen LogP contribution in [0.1, 0.15) is 20.3 Å². The van der Waals surface area contributed by atoms with Gasteiger partial charge in [0.25, 0.3) is 0 Å². The molecule has 0 aliphatic heterocycles. The second-order valence-corrected chi connectivity index (χ2v) is 5.17. The highest BCUT2D eigenvalue weighted by atomic mass is 16.5. The van der Waals surface area contributed by atoms with Crippen LogP contribution in [-0.2, 0) is 0 Å². The van der Waals surface area contributed by atoms with E-state index in [0.717, 1.165) is 34.7 Å². The highest BCUT2D eigenvalue weighted by molar-refractivity contribution is 5.87. The highest BCUT2D eigenvalue weighted by Gasteiger charge is 2.12. The predicted molar refractivity (Wildman–Crippen MR) is 86.6 cm³/mol. The summed E-state index contributed by atoms with van der Waals surface area (Å²) in [5, 5.41) is 8.76. The molecule has 3 rings (SSSR count). The lowest BCUT2D eigenvalue weighted by molar-refractivity contribution is 0.414. The van der Waals surface area contributed by atoms with Gasteiger partial charge in [-0.25, -0.2) is 14.6 Å². The average Bonchev–Trinajstić information content (AvgIpc) is 3.00. The lowest BCUT2D eigenvalue weighted by Gasteiger charge is -2.12. The van der Waals surface area contributed by atoms with Crippen molar-refractivity contribution in [2.75, 3.05) is 12.4 Å². The van der Waals surface area contributed by atoms with E-state index in [2.05, 4.69) is 34.2 Å². The number of rotatable bonds is 5. The number of aromatic nitrogens is 4. The topological polar surface area (TPSA) is 64.9 Å². The summed E-state index contributed by atoms with van der Waals surface area (Å²) in [5.74, 6) is 1.63. The lowest BCUT2D eigenvalue weighted by atomic mass is 10.2. The minimum Gasteiger partial charge on any atom is -0.497 e. The zero-order valence-electron chi connectivity index (χ0n) is 12.9. The average molecular weight is 297 g/mol. The zero-order chi connectivity index (χ0) is 15.5. The van der Waals surface area contributed by atoms with Crippen LogP contribution in [-0.4, -0.2) is 32.9 Å². The molecule has 1 atom stereocenters. The van der Waals surface area contributed by atoms with Crippen LogP contribution in [0.15, 0.2) is 36.8 Å². The van der Waals surface area contributed by atoms with Crippen molar-refractivity contribution in [1.29, 1.82) is 0 Å². The van der Waals surface area contributed by atoms with E-state index in [4.69, 9.17) is 4.74 Å². The summed E-state index contributed by atoms with van der Waals surface area (Å²) < 4.78 is 6.99. The Labute approximate surface area is 129 Å². The molecule has 0 unspecified atom stereocenters. The number of anilines is 1. The molecule has 0 spiro atoms. The van der Waals surface area contributed by atoms with E-state index in [1.54, 1.807) is 24.3 Å². The van der Waals surface area contributed by atoms with Gasteiger partial charge in [0.2, 0.25) is 0 Å². The van der Waals surface area contributed by atoms with Gasteiger partial charge in [-0.15, -0.1) is 0 Å². The van der Waals surface area contributed by atoms with Gasteiger partial charge in [-0.1, -0.05) is 6.92 Å². The van der Waals surface area contributed by atoms with E-state index in [0.29, 0.717) is 6.04 Å². The molecule has 6 heteroatoms. The number of nitrogens with one attached hydrogen (secondary N) is 1. The van der Waals surface area contributed by atoms with Crippen LogP contribution < -0.4 is 10.1 Å². The highest BCUT2D eigenvalue weighted by Crippen LogP contribution is 2.23. The van der Waals surface area contributed by atoms with Crippen LogP contribution >= 0.6 is 0 Å². The Balaban J connectivity index is 2.02. The van der Waals surface area contributed by atoms with E-state index in [9.17, 15) is 0 Å². The molecule has 22 heavy (non-hydrogen) atoms. The number of ether oxygens (including phenoxy) is 1. The van der Waals surface area contributed by atoms with Crippen molar-refractivity contribution in [2.45, 2.75) is 26.3 Å². The van der Waals surface area contributed by atoms with Crippen LogP contribution in [0.25, 0.3) is 16.7 Å². The summed E-state index contributed by atoms with van der Waals surface area (Å²) in [6, 6.07) is 8.07. The molecule has 114 valence electrons. The van der Waals surface area contributed by atoms with Gasteiger partial charge >= 0.3 is 0 Å². The summed E-state index contributed by atoms with van der Waals surface area (Å²) in [6.07, 6.45) is 4.39. The number of benzene rings is 1.